The molecule has 0 aliphatic carbocycles. The smallest absolute Gasteiger partial charge is 0.224 e. The lowest BCUT2D eigenvalue weighted by molar-refractivity contribution is -0.116. The van der Waals surface area contributed by atoms with Crippen LogP contribution in [0.2, 0.25) is 5.02 Å². The number of aromatic nitrogens is 2. The number of carbonyl (C=O) groups is 1. The molecule has 0 spiro atoms. The van der Waals surface area contributed by atoms with E-state index in [1.807, 2.05) is 31.2 Å². The lowest BCUT2D eigenvalue weighted by Gasteiger charge is -2.30. The topological polar surface area (TPSA) is 50.2 Å². The van der Waals surface area contributed by atoms with Crippen LogP contribution >= 0.6 is 11.6 Å². The van der Waals surface area contributed by atoms with E-state index in [1.165, 1.54) is 0 Å². The zero-order chi connectivity index (χ0) is 19.7. The third-order valence-corrected chi connectivity index (χ3v) is 5.56. The molecule has 0 atom stereocenters. The number of benzene rings is 2. The number of unbranched alkanes of at least 4 members (excludes halogenated alkanes) is 1. The Bertz CT molecular complexity index is 1030. The quantitative estimate of drug-likeness (QED) is 0.649. The lowest BCUT2D eigenvalue weighted by atomic mass is 10.1. The number of hydrogen-bond acceptors (Lipinski definition) is 3. The van der Waals surface area contributed by atoms with E-state index in [2.05, 4.69) is 33.8 Å². The second-order valence-electron chi connectivity index (χ2n) is 7.39. The Morgan fingerprint density at radius 3 is 2.86 bits per heavy atom. The van der Waals surface area contributed by atoms with Crippen molar-refractivity contribution in [3.8, 4) is 0 Å². The number of aryl methyl sites for hydroxylation is 1. The number of nitrogens with zero attached hydrogens (tertiary/aromatic N) is 3. The van der Waals surface area contributed by atoms with Gasteiger partial charge in [0.25, 0.3) is 0 Å². The Balaban J connectivity index is 1.52. The number of fused-ring (bicyclic) bond motifs is 3. The fourth-order valence-corrected chi connectivity index (χ4v) is 3.92. The summed E-state index contributed by atoms with van der Waals surface area (Å²) in [6.07, 6.45) is 2.52. The van der Waals surface area contributed by atoms with Gasteiger partial charge in [-0.3, -0.25) is 4.79 Å². The van der Waals surface area contributed by atoms with Gasteiger partial charge >= 0.3 is 0 Å². The predicted octanol–water partition coefficient (Wildman–Crippen LogP) is 5.15. The summed E-state index contributed by atoms with van der Waals surface area (Å²) in [4.78, 5) is 19.1. The number of nitrogens with one attached hydrogen (secondary N) is 1. The highest BCUT2D eigenvalue weighted by atomic mass is 35.5. The summed E-state index contributed by atoms with van der Waals surface area (Å²) in [5, 5.41) is 3.74. The van der Waals surface area contributed by atoms with E-state index >= 15 is 0 Å². The van der Waals surface area contributed by atoms with Crippen molar-refractivity contribution in [3.05, 3.63) is 52.8 Å². The highest BCUT2D eigenvalue weighted by Crippen LogP contribution is 2.28. The van der Waals surface area contributed by atoms with Gasteiger partial charge in [-0.2, -0.15) is 0 Å². The Morgan fingerprint density at radius 2 is 2.07 bits per heavy atom. The summed E-state index contributed by atoms with van der Waals surface area (Å²) in [7, 11) is 0. The molecule has 2 heterocycles. The molecule has 0 saturated carbocycles. The number of anilines is 2. The van der Waals surface area contributed by atoms with Crippen molar-refractivity contribution in [3.63, 3.8) is 0 Å². The monoisotopic (exact) mass is 396 g/mol. The summed E-state index contributed by atoms with van der Waals surface area (Å²) in [6.45, 7) is 6.70. The van der Waals surface area contributed by atoms with Crippen LogP contribution in [0.1, 0.15) is 37.6 Å². The molecule has 0 saturated heterocycles. The molecule has 28 heavy (non-hydrogen) atoms. The average Bonchev–Trinajstić information content (AvgIpc) is 3.04. The van der Waals surface area contributed by atoms with Gasteiger partial charge in [-0.25, -0.2) is 4.98 Å². The van der Waals surface area contributed by atoms with E-state index in [0.29, 0.717) is 11.4 Å². The molecule has 3 aromatic rings. The minimum Gasteiger partial charge on any atom is -0.362 e. The van der Waals surface area contributed by atoms with Crippen LogP contribution < -0.4 is 10.2 Å². The van der Waals surface area contributed by atoms with E-state index < -0.39 is 0 Å². The van der Waals surface area contributed by atoms with E-state index in [4.69, 9.17) is 16.6 Å². The molecule has 1 aliphatic rings. The second kappa shape index (κ2) is 7.84. The van der Waals surface area contributed by atoms with Crippen LogP contribution in [0.3, 0.4) is 0 Å². The number of amides is 1. The van der Waals surface area contributed by atoms with Gasteiger partial charge in [-0.1, -0.05) is 24.9 Å². The van der Waals surface area contributed by atoms with Crippen molar-refractivity contribution in [1.82, 2.24) is 9.55 Å². The zero-order valence-corrected chi connectivity index (χ0v) is 17.1. The first-order valence-electron chi connectivity index (χ1n) is 9.85. The van der Waals surface area contributed by atoms with Crippen LogP contribution in [0.5, 0.6) is 0 Å². The predicted molar refractivity (Wildman–Crippen MR) is 115 cm³/mol. The molecular weight excluding hydrogens is 372 g/mol. The minimum absolute atomic E-state index is 0.0862. The van der Waals surface area contributed by atoms with Crippen LogP contribution in [-0.2, 0) is 17.9 Å². The summed E-state index contributed by atoms with van der Waals surface area (Å²) >= 11 is 6.11. The highest BCUT2D eigenvalue weighted by molar-refractivity contribution is 6.31. The summed E-state index contributed by atoms with van der Waals surface area (Å²) < 4.78 is 2.28. The van der Waals surface area contributed by atoms with Crippen LogP contribution in [-0.4, -0.2) is 22.0 Å². The van der Waals surface area contributed by atoms with Gasteiger partial charge in [-0.15, -0.1) is 0 Å². The highest BCUT2D eigenvalue weighted by Gasteiger charge is 2.21. The molecule has 0 bridgehead atoms. The first-order chi connectivity index (χ1) is 13.5. The van der Waals surface area contributed by atoms with Crippen molar-refractivity contribution in [2.75, 3.05) is 16.8 Å². The fourth-order valence-electron chi connectivity index (χ4n) is 3.75. The molecular formula is C22H25ClN4O. The van der Waals surface area contributed by atoms with E-state index in [9.17, 15) is 4.79 Å². The van der Waals surface area contributed by atoms with Gasteiger partial charge in [0.05, 0.1) is 17.6 Å². The molecule has 5 nitrogen and oxygen atoms in total. The van der Waals surface area contributed by atoms with Crippen molar-refractivity contribution >= 4 is 39.9 Å². The standard InChI is InChI=1S/C22H25ClN4O/c1-3-4-5-22(28)25-18-8-7-17(12-15(18)2)26-10-11-27-20-9-6-16(23)13-19(20)24-21(27)14-26/h6-9,12-13H,3-5,10-11,14H2,1-2H3,(H,25,28). The van der Waals surface area contributed by atoms with E-state index in [0.717, 1.165) is 66.3 Å². The van der Waals surface area contributed by atoms with Gasteiger partial charge in [-0.05, 0) is 55.3 Å². The maximum Gasteiger partial charge on any atom is 0.224 e. The first-order valence-corrected chi connectivity index (χ1v) is 10.2. The van der Waals surface area contributed by atoms with Crippen LogP contribution in [0.25, 0.3) is 11.0 Å². The molecule has 146 valence electrons. The summed E-state index contributed by atoms with van der Waals surface area (Å²) in [6, 6.07) is 12.1. The van der Waals surface area contributed by atoms with Crippen LogP contribution in [0, 0.1) is 6.92 Å². The third-order valence-electron chi connectivity index (χ3n) is 5.32. The van der Waals surface area contributed by atoms with Gasteiger partial charge in [0.2, 0.25) is 5.91 Å². The average molecular weight is 397 g/mol. The molecule has 1 N–H and O–H groups in total. The number of hydrogen-bond donors (Lipinski definition) is 1. The summed E-state index contributed by atoms with van der Waals surface area (Å²) in [5.41, 5.74) is 5.21. The van der Waals surface area contributed by atoms with Crippen molar-refractivity contribution in [2.45, 2.75) is 46.2 Å². The molecule has 2 aromatic carbocycles. The van der Waals surface area contributed by atoms with Gasteiger partial charge in [0.15, 0.2) is 0 Å². The molecule has 0 unspecified atom stereocenters. The normalized spacial score (nSPS) is 13.6. The van der Waals surface area contributed by atoms with E-state index in [-0.39, 0.29) is 5.91 Å². The van der Waals surface area contributed by atoms with Crippen molar-refractivity contribution in [1.29, 1.82) is 0 Å². The zero-order valence-electron chi connectivity index (χ0n) is 16.3. The van der Waals surface area contributed by atoms with Gasteiger partial charge in [0, 0.05) is 35.9 Å². The van der Waals surface area contributed by atoms with Gasteiger partial charge in [0.1, 0.15) is 5.82 Å². The largest absolute Gasteiger partial charge is 0.362 e. The number of halogens is 1. The maximum atomic E-state index is 12.0. The number of imidazole rings is 1. The second-order valence-corrected chi connectivity index (χ2v) is 7.82. The molecule has 1 aromatic heterocycles. The van der Waals surface area contributed by atoms with Crippen molar-refractivity contribution in [2.24, 2.45) is 0 Å². The van der Waals surface area contributed by atoms with Crippen LogP contribution in [0.4, 0.5) is 11.4 Å². The molecule has 6 heteroatoms. The summed E-state index contributed by atoms with van der Waals surface area (Å²) in [5.74, 6) is 1.14. The van der Waals surface area contributed by atoms with Gasteiger partial charge < -0.3 is 14.8 Å². The lowest BCUT2D eigenvalue weighted by Crippen LogP contribution is -2.33. The Labute approximate surface area is 170 Å². The third kappa shape index (κ3) is 3.72. The molecule has 0 radical (unpaired) electrons. The Morgan fingerprint density at radius 1 is 1.21 bits per heavy atom. The number of rotatable bonds is 5. The molecule has 1 amide bonds. The molecule has 0 fully saturated rings. The Kier molecular flexibility index (Phi) is 5.27. The Hall–Kier alpha value is -2.53. The molecule has 1 aliphatic heterocycles. The first kappa shape index (κ1) is 18.8. The molecule has 4 rings (SSSR count). The maximum absolute atomic E-state index is 12.0. The fraction of sp³-hybridized carbons (Fsp3) is 0.364. The SMILES string of the molecule is CCCCC(=O)Nc1ccc(N2CCn3c(nc4cc(Cl)ccc43)C2)cc1C. The van der Waals surface area contributed by atoms with Crippen molar-refractivity contribution < 1.29 is 4.79 Å². The van der Waals surface area contributed by atoms with Crippen LogP contribution in [0.15, 0.2) is 36.4 Å². The number of carbonyl (C=O) groups excluding carboxylic acids is 1. The minimum atomic E-state index is 0.0862. The van der Waals surface area contributed by atoms with E-state index in [1.54, 1.807) is 0 Å².